The van der Waals surface area contributed by atoms with Crippen molar-refractivity contribution in [2.75, 3.05) is 10.6 Å². The zero-order valence-corrected chi connectivity index (χ0v) is 13.8. The normalized spacial score (nSPS) is 14.2. The summed E-state index contributed by atoms with van der Waals surface area (Å²) in [6, 6.07) is 16.5. The lowest BCUT2D eigenvalue weighted by Crippen LogP contribution is -2.23. The second-order valence-corrected chi connectivity index (χ2v) is 6.15. The molecule has 0 amide bonds. The highest BCUT2D eigenvalue weighted by atomic mass is 15.2. The van der Waals surface area contributed by atoms with Gasteiger partial charge in [0.15, 0.2) is 0 Å². The lowest BCUT2D eigenvalue weighted by molar-refractivity contribution is 0.692. The Morgan fingerprint density at radius 2 is 1.87 bits per heavy atom. The van der Waals surface area contributed by atoms with Crippen LogP contribution in [0, 0.1) is 6.92 Å². The Morgan fingerprint density at radius 1 is 1.09 bits per heavy atom. The van der Waals surface area contributed by atoms with Crippen LogP contribution in [0.3, 0.4) is 0 Å². The summed E-state index contributed by atoms with van der Waals surface area (Å²) in [5.74, 6) is 0. The zero-order chi connectivity index (χ0) is 16.2. The van der Waals surface area contributed by atoms with Crippen molar-refractivity contribution in [1.82, 2.24) is 0 Å². The first-order valence-electron chi connectivity index (χ1n) is 8.26. The molecule has 0 saturated heterocycles. The first-order valence-corrected chi connectivity index (χ1v) is 8.26. The molecule has 3 rings (SSSR count). The number of nitrogens with two attached hydrogens (primary N) is 1. The van der Waals surface area contributed by atoms with Crippen molar-refractivity contribution in [2.45, 2.75) is 32.6 Å². The van der Waals surface area contributed by atoms with E-state index < -0.39 is 0 Å². The van der Waals surface area contributed by atoms with E-state index in [0.29, 0.717) is 0 Å². The molecular weight excluding hydrogens is 280 g/mol. The van der Waals surface area contributed by atoms with Crippen LogP contribution in [0.2, 0.25) is 0 Å². The molecule has 0 fully saturated rings. The molecule has 2 aromatic rings. The Hall–Kier alpha value is -2.48. The number of hydrogen-bond acceptors (Lipinski definition) is 2. The van der Waals surface area contributed by atoms with Crippen molar-refractivity contribution in [3.05, 3.63) is 78.0 Å². The highest BCUT2D eigenvalue weighted by Crippen LogP contribution is 2.37. The summed E-state index contributed by atoms with van der Waals surface area (Å²) in [7, 11) is 0. The topological polar surface area (TPSA) is 29.3 Å². The fourth-order valence-electron chi connectivity index (χ4n) is 3.10. The first kappa shape index (κ1) is 15.4. The highest BCUT2D eigenvalue weighted by molar-refractivity contribution is 5.86. The van der Waals surface area contributed by atoms with Crippen molar-refractivity contribution < 1.29 is 0 Å². The molecule has 0 atom stereocenters. The van der Waals surface area contributed by atoms with E-state index in [1.807, 2.05) is 24.3 Å². The fraction of sp³-hybridized carbons (Fsp3) is 0.238. The summed E-state index contributed by atoms with van der Waals surface area (Å²) in [5, 5.41) is 0. The number of allylic oxidation sites excluding steroid dienone is 2. The summed E-state index contributed by atoms with van der Waals surface area (Å²) < 4.78 is 0. The quantitative estimate of drug-likeness (QED) is 0.754. The fourth-order valence-corrected chi connectivity index (χ4v) is 3.10. The van der Waals surface area contributed by atoms with E-state index >= 15 is 0 Å². The number of anilines is 2. The van der Waals surface area contributed by atoms with Gasteiger partial charge in [-0.3, -0.25) is 0 Å². The minimum Gasteiger partial charge on any atom is -0.397 e. The minimum atomic E-state index is 0.791. The van der Waals surface area contributed by atoms with Crippen molar-refractivity contribution in [3.8, 4) is 0 Å². The van der Waals surface area contributed by atoms with Gasteiger partial charge >= 0.3 is 0 Å². The molecule has 0 unspecified atom stereocenters. The van der Waals surface area contributed by atoms with Crippen molar-refractivity contribution in [3.63, 3.8) is 0 Å². The van der Waals surface area contributed by atoms with Gasteiger partial charge in [-0.2, -0.15) is 0 Å². The van der Waals surface area contributed by atoms with Gasteiger partial charge in [-0.25, -0.2) is 0 Å². The predicted molar refractivity (Wildman–Crippen MR) is 100 cm³/mol. The molecule has 2 aromatic carbocycles. The van der Waals surface area contributed by atoms with Gasteiger partial charge in [-0.1, -0.05) is 49.1 Å². The van der Waals surface area contributed by atoms with Crippen LogP contribution in [-0.2, 0) is 0 Å². The Balaban J connectivity index is 2.09. The molecule has 0 bridgehead atoms. The van der Waals surface area contributed by atoms with Crippen LogP contribution < -0.4 is 10.6 Å². The summed E-state index contributed by atoms with van der Waals surface area (Å²) in [4.78, 5) is 2.25. The van der Waals surface area contributed by atoms with Crippen LogP contribution in [0.4, 0.5) is 11.4 Å². The van der Waals surface area contributed by atoms with E-state index in [2.05, 4.69) is 48.7 Å². The van der Waals surface area contributed by atoms with Gasteiger partial charge in [0, 0.05) is 11.4 Å². The maximum Gasteiger partial charge on any atom is 0.0690 e. The van der Waals surface area contributed by atoms with Gasteiger partial charge < -0.3 is 10.6 Å². The molecule has 0 aliphatic heterocycles. The average molecular weight is 304 g/mol. The molecular formula is C21H24N2. The Labute approximate surface area is 138 Å². The monoisotopic (exact) mass is 304 g/mol. The lowest BCUT2D eigenvalue weighted by atomic mass is 10.0. The number of benzene rings is 2. The molecule has 1 aliphatic rings. The van der Waals surface area contributed by atoms with Crippen LogP contribution in [0.15, 0.2) is 66.9 Å². The number of hydrogen-bond donors (Lipinski definition) is 1. The predicted octanol–water partition coefficient (Wildman–Crippen LogP) is 5.51. The smallest absolute Gasteiger partial charge is 0.0690 e. The largest absolute Gasteiger partial charge is 0.397 e. The van der Waals surface area contributed by atoms with Crippen LogP contribution in [-0.4, -0.2) is 0 Å². The highest BCUT2D eigenvalue weighted by Gasteiger charge is 2.20. The SMILES string of the molecule is C=C(c1ccccc1)N(C1=CCCCC1)c1cc(C)ccc1N. The van der Waals surface area contributed by atoms with E-state index in [1.165, 1.54) is 24.1 Å². The molecule has 0 radical (unpaired) electrons. The van der Waals surface area contributed by atoms with Crippen LogP contribution >= 0.6 is 0 Å². The van der Waals surface area contributed by atoms with E-state index in [9.17, 15) is 0 Å². The van der Waals surface area contributed by atoms with Crippen molar-refractivity contribution >= 4 is 17.1 Å². The van der Waals surface area contributed by atoms with Gasteiger partial charge in [0.1, 0.15) is 0 Å². The summed E-state index contributed by atoms with van der Waals surface area (Å²) >= 11 is 0. The van der Waals surface area contributed by atoms with Gasteiger partial charge in [-0.15, -0.1) is 0 Å². The number of nitrogens with zero attached hydrogens (tertiary/aromatic N) is 1. The van der Waals surface area contributed by atoms with Crippen molar-refractivity contribution in [2.24, 2.45) is 0 Å². The molecule has 0 heterocycles. The van der Waals surface area contributed by atoms with Crippen molar-refractivity contribution in [1.29, 1.82) is 0 Å². The summed E-state index contributed by atoms with van der Waals surface area (Å²) in [5.41, 5.74) is 12.7. The van der Waals surface area contributed by atoms with E-state index in [1.54, 1.807) is 0 Å². The minimum absolute atomic E-state index is 0.791. The summed E-state index contributed by atoms with van der Waals surface area (Å²) in [6.07, 6.45) is 7.01. The molecule has 118 valence electrons. The molecule has 0 spiro atoms. The number of nitrogen functional groups attached to an aromatic ring is 1. The Kier molecular flexibility index (Phi) is 4.52. The first-order chi connectivity index (χ1) is 11.2. The van der Waals surface area contributed by atoms with Crippen LogP contribution in [0.5, 0.6) is 0 Å². The van der Waals surface area contributed by atoms with E-state index in [4.69, 9.17) is 5.73 Å². The van der Waals surface area contributed by atoms with Gasteiger partial charge in [0.25, 0.3) is 0 Å². The molecule has 23 heavy (non-hydrogen) atoms. The lowest BCUT2D eigenvalue weighted by Gasteiger charge is -2.32. The molecule has 2 N–H and O–H groups in total. The Bertz CT molecular complexity index is 729. The third kappa shape index (κ3) is 3.31. The van der Waals surface area contributed by atoms with Crippen LogP contribution in [0.1, 0.15) is 36.8 Å². The molecule has 0 aromatic heterocycles. The molecule has 2 nitrogen and oxygen atoms in total. The second kappa shape index (κ2) is 6.74. The standard InChI is InChI=1S/C21H24N2/c1-16-13-14-20(22)21(15-16)23(19-11-7-4-8-12-19)17(2)18-9-5-3-6-10-18/h3,5-6,9-11,13-15H,2,4,7-8,12,22H2,1H3. The number of aryl methyl sites for hydroxylation is 1. The third-order valence-corrected chi connectivity index (χ3v) is 4.36. The van der Waals surface area contributed by atoms with Crippen LogP contribution in [0.25, 0.3) is 5.70 Å². The third-order valence-electron chi connectivity index (χ3n) is 4.36. The summed E-state index contributed by atoms with van der Waals surface area (Å²) in [6.45, 7) is 6.48. The molecule has 2 heteroatoms. The molecule has 0 saturated carbocycles. The maximum atomic E-state index is 6.30. The second-order valence-electron chi connectivity index (χ2n) is 6.15. The van der Waals surface area contributed by atoms with Gasteiger partial charge in [0.2, 0.25) is 0 Å². The van der Waals surface area contributed by atoms with Gasteiger partial charge in [-0.05, 0) is 55.9 Å². The average Bonchev–Trinajstić information content (AvgIpc) is 2.60. The zero-order valence-electron chi connectivity index (χ0n) is 13.8. The maximum absolute atomic E-state index is 6.30. The number of rotatable bonds is 4. The van der Waals surface area contributed by atoms with E-state index in [-0.39, 0.29) is 0 Å². The van der Waals surface area contributed by atoms with Gasteiger partial charge in [0.05, 0.1) is 11.4 Å². The Morgan fingerprint density at radius 3 is 2.57 bits per heavy atom. The van der Waals surface area contributed by atoms with E-state index in [0.717, 1.165) is 35.5 Å². The molecule has 1 aliphatic carbocycles.